The Morgan fingerprint density at radius 3 is 2.33 bits per heavy atom. The highest BCUT2D eigenvalue weighted by Gasteiger charge is 2.30. The van der Waals surface area contributed by atoms with Crippen LogP contribution in [0.15, 0.2) is 47.6 Å². The van der Waals surface area contributed by atoms with Crippen molar-refractivity contribution in [3.05, 3.63) is 42.6 Å². The Morgan fingerprint density at radius 2 is 1.78 bits per heavy atom. The van der Waals surface area contributed by atoms with E-state index in [1.54, 1.807) is 36.5 Å². The fourth-order valence-corrected chi connectivity index (χ4v) is 2.17. The molecule has 18 heavy (non-hydrogen) atoms. The fourth-order valence-electron chi connectivity index (χ4n) is 1.52. The Bertz CT molecular complexity index is 519. The standard InChI is InChI=1S/C12H10F3NOS/c1-17-10-6-4-9(5-7-10)16-8-2-3-11(16)18-12(13,14)15/h2-8H,1H3. The zero-order chi connectivity index (χ0) is 13.2. The molecule has 0 fully saturated rings. The Kier molecular flexibility index (Phi) is 3.56. The number of methoxy groups -OCH3 is 1. The minimum atomic E-state index is -4.29. The van der Waals surface area contributed by atoms with Gasteiger partial charge in [0.2, 0.25) is 0 Å². The van der Waals surface area contributed by atoms with E-state index in [0.717, 1.165) is 0 Å². The number of halogens is 3. The van der Waals surface area contributed by atoms with Gasteiger partial charge in [0.05, 0.1) is 12.1 Å². The van der Waals surface area contributed by atoms with Crippen molar-refractivity contribution >= 4 is 11.8 Å². The molecule has 0 saturated carbocycles. The van der Waals surface area contributed by atoms with Crippen LogP contribution in [-0.2, 0) is 0 Å². The van der Waals surface area contributed by atoms with Crippen LogP contribution in [0.4, 0.5) is 13.2 Å². The van der Waals surface area contributed by atoms with Crippen LogP contribution in [0.1, 0.15) is 0 Å². The molecule has 0 aliphatic rings. The summed E-state index contributed by atoms with van der Waals surface area (Å²) in [6.45, 7) is 0. The minimum Gasteiger partial charge on any atom is -0.497 e. The first-order chi connectivity index (χ1) is 8.49. The number of thioether (sulfide) groups is 1. The Labute approximate surface area is 106 Å². The second-order valence-electron chi connectivity index (χ2n) is 3.46. The van der Waals surface area contributed by atoms with E-state index < -0.39 is 5.51 Å². The van der Waals surface area contributed by atoms with E-state index in [0.29, 0.717) is 11.4 Å². The first kappa shape index (κ1) is 12.9. The molecule has 0 spiro atoms. The Hall–Kier alpha value is -1.56. The molecule has 96 valence electrons. The van der Waals surface area contributed by atoms with Gasteiger partial charge in [-0.1, -0.05) is 0 Å². The summed E-state index contributed by atoms with van der Waals surface area (Å²) >= 11 is -0.129. The molecule has 0 amide bonds. The summed E-state index contributed by atoms with van der Waals surface area (Å²) in [5.74, 6) is 0.663. The lowest BCUT2D eigenvalue weighted by Crippen LogP contribution is -2.03. The van der Waals surface area contributed by atoms with Gasteiger partial charge in [0.1, 0.15) is 5.75 Å². The van der Waals surface area contributed by atoms with Crippen molar-refractivity contribution < 1.29 is 17.9 Å². The van der Waals surface area contributed by atoms with E-state index in [9.17, 15) is 13.2 Å². The van der Waals surface area contributed by atoms with Crippen molar-refractivity contribution in [3.8, 4) is 11.4 Å². The van der Waals surface area contributed by atoms with E-state index in [2.05, 4.69) is 0 Å². The van der Waals surface area contributed by atoms with Crippen LogP contribution >= 0.6 is 11.8 Å². The fraction of sp³-hybridized carbons (Fsp3) is 0.167. The van der Waals surface area contributed by atoms with Crippen molar-refractivity contribution in [2.75, 3.05) is 7.11 Å². The smallest absolute Gasteiger partial charge is 0.447 e. The molecular formula is C12H10F3NOS. The van der Waals surface area contributed by atoms with Gasteiger partial charge in [-0.05, 0) is 36.4 Å². The van der Waals surface area contributed by atoms with Crippen LogP contribution in [0, 0.1) is 0 Å². The zero-order valence-electron chi connectivity index (χ0n) is 9.44. The van der Waals surface area contributed by atoms with Crippen LogP contribution < -0.4 is 4.74 Å². The average molecular weight is 273 g/mol. The van der Waals surface area contributed by atoms with Crippen molar-refractivity contribution in [1.29, 1.82) is 0 Å². The highest BCUT2D eigenvalue weighted by molar-refractivity contribution is 8.00. The molecular weight excluding hydrogens is 263 g/mol. The number of rotatable bonds is 3. The topological polar surface area (TPSA) is 14.2 Å². The SMILES string of the molecule is COc1ccc(-n2cccc2SC(F)(F)F)cc1. The monoisotopic (exact) mass is 273 g/mol. The van der Waals surface area contributed by atoms with E-state index in [1.165, 1.54) is 17.7 Å². The highest BCUT2D eigenvalue weighted by Crippen LogP contribution is 2.38. The number of benzene rings is 1. The number of alkyl halides is 3. The second-order valence-corrected chi connectivity index (χ2v) is 4.55. The first-order valence-corrected chi connectivity index (χ1v) is 5.89. The summed E-state index contributed by atoms with van der Waals surface area (Å²) < 4.78 is 43.6. The molecule has 2 nitrogen and oxygen atoms in total. The zero-order valence-corrected chi connectivity index (χ0v) is 10.3. The maximum Gasteiger partial charge on any atom is 0.447 e. The Balaban J connectivity index is 2.30. The molecule has 0 unspecified atom stereocenters. The molecule has 0 N–H and O–H groups in total. The van der Waals surface area contributed by atoms with E-state index in [4.69, 9.17) is 4.74 Å². The summed E-state index contributed by atoms with van der Waals surface area (Å²) in [6.07, 6.45) is 1.59. The van der Waals surface area contributed by atoms with Crippen LogP contribution in [0.5, 0.6) is 5.75 Å². The van der Waals surface area contributed by atoms with Crippen molar-refractivity contribution in [2.45, 2.75) is 10.5 Å². The van der Waals surface area contributed by atoms with Gasteiger partial charge in [0.15, 0.2) is 0 Å². The molecule has 2 rings (SSSR count). The van der Waals surface area contributed by atoms with Gasteiger partial charge in [-0.3, -0.25) is 0 Å². The summed E-state index contributed by atoms with van der Waals surface area (Å²) in [6, 6.07) is 9.84. The third-order valence-electron chi connectivity index (χ3n) is 2.28. The van der Waals surface area contributed by atoms with Gasteiger partial charge in [0.25, 0.3) is 0 Å². The number of hydrogen-bond donors (Lipinski definition) is 0. The van der Waals surface area contributed by atoms with Crippen LogP contribution in [0.3, 0.4) is 0 Å². The molecule has 0 aliphatic heterocycles. The summed E-state index contributed by atoms with van der Waals surface area (Å²) in [4.78, 5) is 0. The number of ether oxygens (including phenoxy) is 1. The largest absolute Gasteiger partial charge is 0.497 e. The first-order valence-electron chi connectivity index (χ1n) is 5.07. The maximum absolute atomic E-state index is 12.4. The average Bonchev–Trinajstić information content (AvgIpc) is 2.75. The molecule has 0 aliphatic carbocycles. The Morgan fingerprint density at radius 1 is 1.11 bits per heavy atom. The quantitative estimate of drug-likeness (QED) is 0.782. The number of aromatic nitrogens is 1. The van der Waals surface area contributed by atoms with E-state index in [-0.39, 0.29) is 16.8 Å². The lowest BCUT2D eigenvalue weighted by atomic mass is 10.3. The molecule has 0 bridgehead atoms. The van der Waals surface area contributed by atoms with Crippen LogP contribution in [0.2, 0.25) is 0 Å². The van der Waals surface area contributed by atoms with Gasteiger partial charge in [0, 0.05) is 23.6 Å². The molecule has 1 heterocycles. The third-order valence-corrected chi connectivity index (χ3v) is 3.06. The molecule has 1 aromatic carbocycles. The predicted molar refractivity (Wildman–Crippen MR) is 64.2 cm³/mol. The van der Waals surface area contributed by atoms with Crippen LogP contribution in [0.25, 0.3) is 5.69 Å². The van der Waals surface area contributed by atoms with E-state index in [1.807, 2.05) is 0 Å². The summed E-state index contributed by atoms with van der Waals surface area (Å²) in [5, 5.41) is 0.132. The lowest BCUT2D eigenvalue weighted by Gasteiger charge is -2.11. The van der Waals surface area contributed by atoms with Crippen molar-refractivity contribution in [1.82, 2.24) is 4.57 Å². The van der Waals surface area contributed by atoms with Gasteiger partial charge >= 0.3 is 5.51 Å². The molecule has 0 saturated heterocycles. The minimum absolute atomic E-state index is 0.129. The lowest BCUT2D eigenvalue weighted by molar-refractivity contribution is -0.0330. The second kappa shape index (κ2) is 4.97. The van der Waals surface area contributed by atoms with Gasteiger partial charge in [-0.25, -0.2) is 0 Å². The molecule has 0 radical (unpaired) electrons. The summed E-state index contributed by atoms with van der Waals surface area (Å²) in [7, 11) is 1.54. The molecule has 6 heteroatoms. The van der Waals surface area contributed by atoms with Crippen molar-refractivity contribution in [2.24, 2.45) is 0 Å². The normalized spacial score (nSPS) is 11.6. The number of hydrogen-bond acceptors (Lipinski definition) is 2. The van der Waals surface area contributed by atoms with E-state index >= 15 is 0 Å². The van der Waals surface area contributed by atoms with Gasteiger partial charge in [-0.15, -0.1) is 0 Å². The van der Waals surface area contributed by atoms with Gasteiger partial charge in [-0.2, -0.15) is 13.2 Å². The molecule has 1 aromatic heterocycles. The molecule has 0 atom stereocenters. The van der Waals surface area contributed by atoms with Crippen molar-refractivity contribution in [3.63, 3.8) is 0 Å². The third kappa shape index (κ3) is 3.01. The molecule has 2 aromatic rings. The highest BCUT2D eigenvalue weighted by atomic mass is 32.2. The predicted octanol–water partition coefficient (Wildman–Crippen LogP) is 4.10. The van der Waals surface area contributed by atoms with Gasteiger partial charge < -0.3 is 9.30 Å². The number of nitrogens with zero attached hydrogens (tertiary/aromatic N) is 1. The summed E-state index contributed by atoms with van der Waals surface area (Å²) in [5.41, 5.74) is -3.63. The maximum atomic E-state index is 12.4. The van der Waals surface area contributed by atoms with Crippen LogP contribution in [-0.4, -0.2) is 17.2 Å².